The monoisotopic (exact) mass is 244 g/mol. The number of aromatic nitrogens is 2. The Bertz CT molecular complexity index is 631. The van der Waals surface area contributed by atoms with E-state index in [1.165, 1.54) is 18.2 Å². The molecule has 92 valence electrons. The average molecular weight is 244 g/mol. The summed E-state index contributed by atoms with van der Waals surface area (Å²) in [7, 11) is 0. The molecule has 0 aliphatic rings. The van der Waals surface area contributed by atoms with E-state index >= 15 is 0 Å². The van der Waals surface area contributed by atoms with Crippen LogP contribution in [0.2, 0.25) is 0 Å². The third-order valence-electron chi connectivity index (χ3n) is 2.55. The van der Waals surface area contributed by atoms with Gasteiger partial charge in [0.2, 0.25) is 11.8 Å². The molecular formula is C12H12N4O2. The van der Waals surface area contributed by atoms with Gasteiger partial charge in [0, 0.05) is 22.4 Å². The molecule has 0 aliphatic heterocycles. The summed E-state index contributed by atoms with van der Waals surface area (Å²) in [6, 6.07) is 6.21. The van der Waals surface area contributed by atoms with Gasteiger partial charge < -0.3 is 11.5 Å². The van der Waals surface area contributed by atoms with E-state index in [-0.39, 0.29) is 0 Å². The molecule has 18 heavy (non-hydrogen) atoms. The first-order valence-electron chi connectivity index (χ1n) is 5.25. The highest BCUT2D eigenvalue weighted by Crippen LogP contribution is 2.23. The molecular weight excluding hydrogens is 232 g/mol. The lowest BCUT2D eigenvalue weighted by Gasteiger charge is -2.05. The number of hydrogen-bond acceptors (Lipinski definition) is 3. The summed E-state index contributed by atoms with van der Waals surface area (Å²) >= 11 is 0. The minimum Gasteiger partial charge on any atom is -0.366 e. The van der Waals surface area contributed by atoms with Crippen LogP contribution in [0, 0.1) is 6.92 Å². The van der Waals surface area contributed by atoms with Crippen molar-refractivity contribution in [2.45, 2.75) is 6.92 Å². The van der Waals surface area contributed by atoms with Crippen molar-refractivity contribution in [1.29, 1.82) is 0 Å². The molecule has 2 rings (SSSR count). The molecule has 1 aromatic heterocycles. The first kappa shape index (κ1) is 11.8. The van der Waals surface area contributed by atoms with Crippen LogP contribution < -0.4 is 11.5 Å². The third kappa shape index (κ3) is 2.08. The molecule has 5 N–H and O–H groups in total. The Morgan fingerprint density at radius 1 is 1.17 bits per heavy atom. The zero-order valence-corrected chi connectivity index (χ0v) is 9.73. The highest BCUT2D eigenvalue weighted by atomic mass is 16.1. The van der Waals surface area contributed by atoms with Gasteiger partial charge in [-0.05, 0) is 31.2 Å². The second-order valence-electron chi connectivity index (χ2n) is 3.93. The fraction of sp³-hybridized carbons (Fsp3) is 0.0833. The summed E-state index contributed by atoms with van der Waals surface area (Å²) in [5, 5.41) is 6.81. The van der Waals surface area contributed by atoms with Crippen LogP contribution in [0.25, 0.3) is 11.3 Å². The van der Waals surface area contributed by atoms with Crippen LogP contribution in [0.4, 0.5) is 0 Å². The van der Waals surface area contributed by atoms with E-state index in [4.69, 9.17) is 11.5 Å². The van der Waals surface area contributed by atoms with Gasteiger partial charge in [-0.1, -0.05) is 0 Å². The standard InChI is InChI=1S/C12H12N4O2/c1-6-4-10(16-15-6)9-5-7(11(13)17)2-3-8(9)12(14)18/h2-5H,1H3,(H2,13,17)(H2,14,18)(H,15,16). The van der Waals surface area contributed by atoms with Gasteiger partial charge in [-0.15, -0.1) is 0 Å². The lowest BCUT2D eigenvalue weighted by Crippen LogP contribution is -2.15. The second kappa shape index (κ2) is 4.33. The van der Waals surface area contributed by atoms with Gasteiger partial charge in [0.25, 0.3) is 0 Å². The molecule has 0 bridgehead atoms. The fourth-order valence-corrected chi connectivity index (χ4v) is 1.68. The molecule has 0 spiro atoms. The largest absolute Gasteiger partial charge is 0.366 e. The van der Waals surface area contributed by atoms with Crippen LogP contribution in [0.1, 0.15) is 26.4 Å². The second-order valence-corrected chi connectivity index (χ2v) is 3.93. The first-order chi connectivity index (χ1) is 8.49. The molecule has 0 saturated carbocycles. The Labute approximate surface area is 103 Å². The van der Waals surface area contributed by atoms with Crippen molar-refractivity contribution < 1.29 is 9.59 Å². The van der Waals surface area contributed by atoms with Gasteiger partial charge in [0.1, 0.15) is 0 Å². The quantitative estimate of drug-likeness (QED) is 0.733. The number of H-pyrrole nitrogens is 1. The molecule has 1 aromatic carbocycles. The van der Waals surface area contributed by atoms with Crippen LogP contribution in [-0.4, -0.2) is 22.0 Å². The summed E-state index contributed by atoms with van der Waals surface area (Å²) in [6.07, 6.45) is 0. The molecule has 6 nitrogen and oxygen atoms in total. The summed E-state index contributed by atoms with van der Waals surface area (Å²) in [4.78, 5) is 22.5. The van der Waals surface area contributed by atoms with Crippen LogP contribution in [0.3, 0.4) is 0 Å². The summed E-state index contributed by atoms with van der Waals surface area (Å²) in [5.74, 6) is -1.15. The van der Waals surface area contributed by atoms with Crippen molar-refractivity contribution in [3.8, 4) is 11.3 Å². The van der Waals surface area contributed by atoms with Crippen molar-refractivity contribution in [2.75, 3.05) is 0 Å². The minimum absolute atomic E-state index is 0.298. The smallest absolute Gasteiger partial charge is 0.249 e. The Kier molecular flexibility index (Phi) is 2.85. The molecule has 0 saturated heterocycles. The Balaban J connectivity index is 2.64. The van der Waals surface area contributed by atoms with E-state index in [0.29, 0.717) is 22.4 Å². The molecule has 2 amide bonds. The number of hydrogen-bond donors (Lipinski definition) is 3. The topological polar surface area (TPSA) is 115 Å². The molecule has 1 heterocycles. The third-order valence-corrected chi connectivity index (χ3v) is 2.55. The maximum absolute atomic E-state index is 11.4. The summed E-state index contributed by atoms with van der Waals surface area (Å²) < 4.78 is 0. The van der Waals surface area contributed by atoms with E-state index in [0.717, 1.165) is 5.69 Å². The van der Waals surface area contributed by atoms with Gasteiger partial charge in [-0.3, -0.25) is 14.7 Å². The normalized spacial score (nSPS) is 10.3. The van der Waals surface area contributed by atoms with Crippen LogP contribution in [-0.2, 0) is 0 Å². The van der Waals surface area contributed by atoms with Crippen LogP contribution in [0.5, 0.6) is 0 Å². The highest BCUT2D eigenvalue weighted by Gasteiger charge is 2.14. The molecule has 0 radical (unpaired) electrons. The van der Waals surface area contributed by atoms with Gasteiger partial charge in [0.15, 0.2) is 0 Å². The molecule has 0 fully saturated rings. The predicted octanol–water partition coefficient (Wildman–Crippen LogP) is 0.583. The molecule has 0 atom stereocenters. The number of carbonyl (C=O) groups excluding carboxylic acids is 2. The van der Waals surface area contributed by atoms with Crippen molar-refractivity contribution >= 4 is 11.8 Å². The average Bonchev–Trinajstić information content (AvgIpc) is 2.74. The van der Waals surface area contributed by atoms with Crippen molar-refractivity contribution in [3.05, 3.63) is 41.1 Å². The van der Waals surface area contributed by atoms with Gasteiger partial charge >= 0.3 is 0 Å². The number of carbonyl (C=O) groups is 2. The number of nitrogens with two attached hydrogens (primary N) is 2. The van der Waals surface area contributed by atoms with E-state index in [1.54, 1.807) is 6.07 Å². The Morgan fingerprint density at radius 3 is 2.39 bits per heavy atom. The number of amides is 2. The maximum Gasteiger partial charge on any atom is 0.249 e. The van der Waals surface area contributed by atoms with Gasteiger partial charge in [-0.2, -0.15) is 5.10 Å². The van der Waals surface area contributed by atoms with E-state index in [9.17, 15) is 9.59 Å². The molecule has 0 aliphatic carbocycles. The molecule has 0 unspecified atom stereocenters. The zero-order chi connectivity index (χ0) is 13.3. The summed E-state index contributed by atoms with van der Waals surface area (Å²) in [5.41, 5.74) is 13.0. The zero-order valence-electron chi connectivity index (χ0n) is 9.73. The Hall–Kier alpha value is -2.63. The lowest BCUT2D eigenvalue weighted by molar-refractivity contribution is 0.0988. The Morgan fingerprint density at radius 2 is 1.89 bits per heavy atom. The number of rotatable bonds is 3. The molecule has 6 heteroatoms. The number of aryl methyl sites for hydroxylation is 1. The van der Waals surface area contributed by atoms with Crippen molar-refractivity contribution in [1.82, 2.24) is 10.2 Å². The highest BCUT2D eigenvalue weighted by molar-refractivity contribution is 6.02. The number of primary amides is 2. The number of benzene rings is 1. The summed E-state index contributed by atoms with van der Waals surface area (Å²) in [6.45, 7) is 1.83. The first-order valence-corrected chi connectivity index (χ1v) is 5.25. The van der Waals surface area contributed by atoms with E-state index in [1.807, 2.05) is 6.92 Å². The predicted molar refractivity (Wildman–Crippen MR) is 65.8 cm³/mol. The van der Waals surface area contributed by atoms with Gasteiger partial charge in [-0.25, -0.2) is 0 Å². The fourth-order valence-electron chi connectivity index (χ4n) is 1.68. The number of nitrogens with zero attached hydrogens (tertiary/aromatic N) is 1. The van der Waals surface area contributed by atoms with Crippen molar-refractivity contribution in [2.24, 2.45) is 11.5 Å². The maximum atomic E-state index is 11.4. The SMILES string of the molecule is Cc1cc(-c2cc(C(N)=O)ccc2C(N)=O)n[nH]1. The minimum atomic E-state index is -0.582. The van der Waals surface area contributed by atoms with Gasteiger partial charge in [0.05, 0.1) is 5.69 Å². The number of aromatic amines is 1. The molecule has 2 aromatic rings. The number of nitrogens with one attached hydrogen (secondary N) is 1. The van der Waals surface area contributed by atoms with Crippen LogP contribution in [0.15, 0.2) is 24.3 Å². The lowest BCUT2D eigenvalue weighted by atomic mass is 10.0. The van der Waals surface area contributed by atoms with E-state index < -0.39 is 11.8 Å². The van der Waals surface area contributed by atoms with Crippen LogP contribution >= 0.6 is 0 Å². The van der Waals surface area contributed by atoms with Crippen molar-refractivity contribution in [3.63, 3.8) is 0 Å². The van der Waals surface area contributed by atoms with E-state index in [2.05, 4.69) is 10.2 Å².